The van der Waals surface area contributed by atoms with Gasteiger partial charge < -0.3 is 20.2 Å². The first kappa shape index (κ1) is 32.7. The second-order valence-corrected chi connectivity index (χ2v) is 12.4. The number of nitrogen functional groups attached to an aromatic ring is 1. The maximum absolute atomic E-state index is 14.1. The molecule has 0 bridgehead atoms. The van der Waals surface area contributed by atoms with Crippen LogP contribution in [-0.2, 0) is 10.0 Å². The smallest absolute Gasteiger partial charge is 0.272 e. The third-order valence-corrected chi connectivity index (χ3v) is 8.72. The number of fused-ring (bicyclic) bond motifs is 1. The highest BCUT2D eigenvalue weighted by Crippen LogP contribution is 2.34. The summed E-state index contributed by atoms with van der Waals surface area (Å²) in [4.78, 5) is 16.3. The minimum Gasteiger partial charge on any atom is -0.485 e. The van der Waals surface area contributed by atoms with E-state index in [0.29, 0.717) is 22.4 Å². The van der Waals surface area contributed by atoms with Gasteiger partial charge in [-0.15, -0.1) is 0 Å². The van der Waals surface area contributed by atoms with Crippen LogP contribution in [0, 0.1) is 24.1 Å². The van der Waals surface area contributed by atoms with E-state index in [1.807, 2.05) is 6.07 Å². The Balaban J connectivity index is 1.30. The number of anilines is 2. The summed E-state index contributed by atoms with van der Waals surface area (Å²) in [5.74, 6) is -0.831. The van der Waals surface area contributed by atoms with Crippen LogP contribution in [0.25, 0.3) is 16.6 Å². The highest BCUT2D eigenvalue weighted by Gasteiger charge is 2.23. The normalized spacial score (nSPS) is 11.4. The number of sulfonamides is 1. The molecule has 0 amide bonds. The molecule has 2 aromatic heterocycles. The quantitative estimate of drug-likeness (QED) is 0.126. The summed E-state index contributed by atoms with van der Waals surface area (Å²) in [6, 6.07) is 22.1. The Morgan fingerprint density at radius 2 is 1.86 bits per heavy atom. The second kappa shape index (κ2) is 13.1. The molecule has 0 fully saturated rings. The van der Waals surface area contributed by atoms with Crippen molar-refractivity contribution in [2.75, 3.05) is 17.1 Å². The monoisotopic (exact) mass is 686 g/mol. The number of benzene rings is 4. The van der Waals surface area contributed by atoms with Crippen molar-refractivity contribution in [3.05, 3.63) is 119 Å². The predicted octanol–water partition coefficient (Wildman–Crippen LogP) is 6.72. The third kappa shape index (κ3) is 6.76. The van der Waals surface area contributed by atoms with Gasteiger partial charge in [0.1, 0.15) is 23.9 Å². The maximum atomic E-state index is 14.1. The van der Waals surface area contributed by atoms with Crippen LogP contribution in [-0.4, -0.2) is 42.0 Å². The summed E-state index contributed by atoms with van der Waals surface area (Å²) in [7, 11) is -4.28. The zero-order chi connectivity index (χ0) is 34.9. The minimum atomic E-state index is -4.28. The number of ether oxygens (including phenoxy) is 2. The van der Waals surface area contributed by atoms with Crippen LogP contribution in [0.2, 0.25) is 0 Å². The number of nitrogens with one attached hydrogen (secondary N) is 2. The molecule has 0 unspecified atom stereocenters. The fraction of sp³-hybridized carbons (Fsp3) is 0.0882. The zero-order valence-electron chi connectivity index (χ0n) is 25.4. The maximum Gasteiger partial charge on any atom is 0.272 e. The Kier molecular flexibility index (Phi) is 8.72. The van der Waals surface area contributed by atoms with Gasteiger partial charge in [0.05, 0.1) is 45.4 Å². The lowest BCUT2D eigenvalue weighted by atomic mass is 10.1. The Labute approximate surface area is 277 Å². The third-order valence-electron chi connectivity index (χ3n) is 7.36. The number of alkyl halides is 2. The number of ketones is 1. The van der Waals surface area contributed by atoms with Crippen molar-refractivity contribution < 1.29 is 35.9 Å². The van der Waals surface area contributed by atoms with Gasteiger partial charge in [-0.3, -0.25) is 9.52 Å². The molecule has 0 aliphatic carbocycles. The van der Waals surface area contributed by atoms with Gasteiger partial charge in [-0.25, -0.2) is 26.3 Å². The molecule has 49 heavy (non-hydrogen) atoms. The SMILES string of the molecule is Cc1cc(Oc2ccccc2F)ccc1-n1ncc(C(=O)c2cc3cc(OCC(F)F)c(NS(=O)(=O)c4cccc(C#N)c4)cc3[nH]2)c1N. The standard InChI is InChI=1S/C34H25F3N6O5S/c1-19-11-22(48-30-8-3-2-7-25(30)35)9-10-29(19)43-34(39)24(17-40-43)33(44)28-13-21-14-31(47-18-32(36)37)27(15-26(21)41-28)42-49(45,46)23-6-4-5-20(12-23)16-38/h2-15,17,32,41-42H,18,39H2,1H3. The van der Waals surface area contributed by atoms with Gasteiger partial charge >= 0.3 is 0 Å². The van der Waals surface area contributed by atoms with Gasteiger partial charge in [0.2, 0.25) is 5.78 Å². The van der Waals surface area contributed by atoms with E-state index in [9.17, 15) is 26.4 Å². The van der Waals surface area contributed by atoms with Crippen LogP contribution in [0.1, 0.15) is 27.2 Å². The van der Waals surface area contributed by atoms with Crippen molar-refractivity contribution in [2.24, 2.45) is 0 Å². The number of carbonyl (C=O) groups is 1. The lowest BCUT2D eigenvalue weighted by Crippen LogP contribution is -2.15. The fourth-order valence-electron chi connectivity index (χ4n) is 5.02. The Morgan fingerprint density at radius 1 is 1.06 bits per heavy atom. The van der Waals surface area contributed by atoms with Crippen molar-refractivity contribution >= 4 is 38.2 Å². The average molecular weight is 687 g/mol. The molecular formula is C34H25F3N6O5S. The van der Waals surface area contributed by atoms with E-state index in [2.05, 4.69) is 14.8 Å². The molecule has 4 N–H and O–H groups in total. The lowest BCUT2D eigenvalue weighted by Gasteiger charge is -2.14. The van der Waals surface area contributed by atoms with Crippen LogP contribution in [0.5, 0.6) is 17.2 Å². The molecule has 0 spiro atoms. The molecule has 0 saturated heterocycles. The van der Waals surface area contributed by atoms with Crippen molar-refractivity contribution in [3.63, 3.8) is 0 Å². The number of H-pyrrole nitrogens is 1. The molecule has 0 radical (unpaired) electrons. The van der Waals surface area contributed by atoms with Gasteiger partial charge in [0.15, 0.2) is 11.6 Å². The summed E-state index contributed by atoms with van der Waals surface area (Å²) in [6.45, 7) is 0.745. The molecule has 248 valence electrons. The average Bonchev–Trinajstić information content (AvgIpc) is 3.67. The van der Waals surface area contributed by atoms with Gasteiger partial charge in [0.25, 0.3) is 16.4 Å². The summed E-state index contributed by atoms with van der Waals surface area (Å²) in [6.07, 6.45) is -1.56. The molecule has 6 rings (SSSR count). The number of aromatic amines is 1. The molecule has 15 heteroatoms. The minimum absolute atomic E-state index is 0.0172. The van der Waals surface area contributed by atoms with Crippen LogP contribution in [0.3, 0.4) is 0 Å². The second-order valence-electron chi connectivity index (χ2n) is 10.7. The first-order valence-corrected chi connectivity index (χ1v) is 15.9. The van der Waals surface area contributed by atoms with E-state index in [0.717, 1.165) is 6.07 Å². The topological polar surface area (TPSA) is 165 Å². The molecule has 11 nitrogen and oxygen atoms in total. The number of nitrogens with zero attached hydrogens (tertiary/aromatic N) is 3. The van der Waals surface area contributed by atoms with Crippen molar-refractivity contribution in [1.29, 1.82) is 5.26 Å². The van der Waals surface area contributed by atoms with E-state index in [4.69, 9.17) is 20.5 Å². The molecular weight excluding hydrogens is 661 g/mol. The lowest BCUT2D eigenvalue weighted by molar-refractivity contribution is 0.0823. The summed E-state index contributed by atoms with van der Waals surface area (Å²) in [5.41, 5.74) is 7.87. The molecule has 2 heterocycles. The molecule has 0 atom stereocenters. The first-order chi connectivity index (χ1) is 23.4. The Hall–Kier alpha value is -6.27. The summed E-state index contributed by atoms with van der Waals surface area (Å²) < 4.78 is 81.1. The highest BCUT2D eigenvalue weighted by molar-refractivity contribution is 7.92. The summed E-state index contributed by atoms with van der Waals surface area (Å²) >= 11 is 0. The summed E-state index contributed by atoms with van der Waals surface area (Å²) in [5, 5.41) is 13.8. The molecule has 0 saturated carbocycles. The van der Waals surface area contributed by atoms with E-state index in [1.54, 1.807) is 37.3 Å². The number of nitrogens with two attached hydrogens (primary N) is 1. The molecule has 0 aliphatic heterocycles. The van der Waals surface area contributed by atoms with Crippen molar-refractivity contribution in [1.82, 2.24) is 14.8 Å². The number of halogens is 3. The van der Waals surface area contributed by atoms with Gasteiger partial charge in [0, 0.05) is 10.9 Å². The van der Waals surface area contributed by atoms with Gasteiger partial charge in [-0.2, -0.15) is 10.4 Å². The Bertz CT molecular complexity index is 2380. The van der Waals surface area contributed by atoms with Crippen LogP contribution in [0.4, 0.5) is 24.7 Å². The van der Waals surface area contributed by atoms with E-state index in [1.165, 1.54) is 59.4 Å². The molecule has 4 aromatic carbocycles. The number of carbonyl (C=O) groups excluding carboxylic acids is 1. The molecule has 0 aliphatic rings. The number of hydrogen-bond donors (Lipinski definition) is 3. The van der Waals surface area contributed by atoms with Gasteiger partial charge in [-0.05, 0) is 79.2 Å². The number of nitriles is 1. The zero-order valence-corrected chi connectivity index (χ0v) is 26.3. The van der Waals surface area contributed by atoms with E-state index in [-0.39, 0.29) is 50.2 Å². The van der Waals surface area contributed by atoms with Gasteiger partial charge in [-0.1, -0.05) is 18.2 Å². The van der Waals surface area contributed by atoms with E-state index < -0.39 is 34.7 Å². The van der Waals surface area contributed by atoms with Crippen LogP contribution >= 0.6 is 0 Å². The van der Waals surface area contributed by atoms with Crippen LogP contribution < -0.4 is 19.9 Å². The number of aryl methyl sites for hydroxylation is 1. The fourth-order valence-corrected chi connectivity index (χ4v) is 6.13. The molecule has 6 aromatic rings. The Morgan fingerprint density at radius 3 is 2.59 bits per heavy atom. The number of rotatable bonds is 11. The van der Waals surface area contributed by atoms with Crippen LogP contribution in [0.15, 0.2) is 96.0 Å². The van der Waals surface area contributed by atoms with Crippen molar-refractivity contribution in [3.8, 4) is 29.0 Å². The predicted molar refractivity (Wildman–Crippen MR) is 174 cm³/mol. The van der Waals surface area contributed by atoms with E-state index >= 15 is 0 Å². The number of para-hydroxylation sites is 1. The highest BCUT2D eigenvalue weighted by atomic mass is 32.2. The number of aromatic nitrogens is 3. The first-order valence-electron chi connectivity index (χ1n) is 14.5. The number of hydrogen-bond acceptors (Lipinski definition) is 8. The van der Waals surface area contributed by atoms with Crippen molar-refractivity contribution in [2.45, 2.75) is 18.2 Å². The largest absolute Gasteiger partial charge is 0.485 e.